The zero-order valence-electron chi connectivity index (χ0n) is 23.6. The molecule has 8 rings (SSSR count). The molecule has 0 N–H and O–H groups in total. The number of allylic oxidation sites excluding steroid dienone is 1. The predicted octanol–water partition coefficient (Wildman–Crippen LogP) is 9.78. The van der Waals surface area contributed by atoms with E-state index < -0.39 is 0 Å². The summed E-state index contributed by atoms with van der Waals surface area (Å²) in [6.45, 7) is 0. The number of hydrogen-bond acceptors (Lipinski definition) is 3. The Hall–Kier alpha value is -5.61. The van der Waals surface area contributed by atoms with Gasteiger partial charge in [0.1, 0.15) is 0 Å². The first kappa shape index (κ1) is 25.1. The zero-order chi connectivity index (χ0) is 28.6. The van der Waals surface area contributed by atoms with E-state index in [1.54, 1.807) is 0 Å². The van der Waals surface area contributed by atoms with Crippen molar-refractivity contribution in [3.63, 3.8) is 0 Å². The molecule has 0 bridgehead atoms. The van der Waals surface area contributed by atoms with Gasteiger partial charge in [-0.2, -0.15) is 0 Å². The monoisotopic (exact) mass is 552 g/mol. The number of aromatic nitrogens is 3. The highest BCUT2D eigenvalue weighted by atomic mass is 15.0. The maximum absolute atomic E-state index is 4.97. The number of fused-ring (bicyclic) bond motifs is 3. The van der Waals surface area contributed by atoms with Gasteiger partial charge in [-0.3, -0.25) is 4.99 Å². The molecule has 0 atom stereocenters. The molecule has 3 heterocycles. The summed E-state index contributed by atoms with van der Waals surface area (Å²) in [5.74, 6) is 0.708. The Labute approximate surface area is 250 Å². The zero-order valence-corrected chi connectivity index (χ0v) is 23.6. The van der Waals surface area contributed by atoms with E-state index in [2.05, 4.69) is 119 Å². The fraction of sp³-hybridized carbons (Fsp3) is 0.0513. The van der Waals surface area contributed by atoms with Gasteiger partial charge in [0, 0.05) is 33.8 Å². The lowest BCUT2D eigenvalue weighted by molar-refractivity contribution is 1.07. The summed E-state index contributed by atoms with van der Waals surface area (Å²) in [5.41, 5.74) is 10.6. The Morgan fingerprint density at radius 2 is 1.07 bits per heavy atom. The number of aliphatic imine (C=N–C) groups is 1. The molecular weight excluding hydrogens is 524 g/mol. The summed E-state index contributed by atoms with van der Waals surface area (Å²) >= 11 is 0. The van der Waals surface area contributed by atoms with Crippen molar-refractivity contribution in [2.24, 2.45) is 4.99 Å². The third-order valence-electron chi connectivity index (χ3n) is 8.10. The van der Waals surface area contributed by atoms with Gasteiger partial charge in [-0.15, -0.1) is 0 Å². The standard InChI is InChI=1S/C39H28N4/c1-2-10-30(11-3-1)39-41-35(26-36(42-39)34-14-8-9-25-40-34)29-19-17-27(18-20-29)28-21-23-31(24-22-28)43-37-15-6-4-12-32(37)33-13-5-7-16-38(33)43/h1-7,10-26H,8-9H2. The van der Waals surface area contributed by atoms with Crippen LogP contribution in [0.4, 0.5) is 0 Å². The number of rotatable bonds is 5. The molecule has 2 aromatic heterocycles. The van der Waals surface area contributed by atoms with E-state index in [0.29, 0.717) is 5.82 Å². The number of hydrogen-bond donors (Lipinski definition) is 0. The molecule has 7 aromatic rings. The van der Waals surface area contributed by atoms with E-state index in [1.807, 2.05) is 36.5 Å². The van der Waals surface area contributed by atoms with E-state index in [1.165, 1.54) is 27.4 Å². The molecule has 43 heavy (non-hydrogen) atoms. The van der Waals surface area contributed by atoms with E-state index >= 15 is 0 Å². The molecule has 4 nitrogen and oxygen atoms in total. The summed E-state index contributed by atoms with van der Waals surface area (Å²) in [6.07, 6.45) is 6.07. The lowest BCUT2D eigenvalue weighted by atomic mass is 10.0. The van der Waals surface area contributed by atoms with Crippen molar-refractivity contribution < 1.29 is 0 Å². The van der Waals surface area contributed by atoms with Gasteiger partial charge >= 0.3 is 0 Å². The van der Waals surface area contributed by atoms with Crippen LogP contribution in [-0.2, 0) is 0 Å². The Morgan fingerprint density at radius 3 is 1.72 bits per heavy atom. The van der Waals surface area contributed by atoms with Crippen LogP contribution >= 0.6 is 0 Å². The first-order valence-corrected chi connectivity index (χ1v) is 14.7. The second-order valence-electron chi connectivity index (χ2n) is 10.8. The third-order valence-corrected chi connectivity index (χ3v) is 8.10. The SMILES string of the molecule is C1=NC(c2cc(-c3ccc(-c4ccc(-n5c6ccccc6c6ccccc65)cc4)cc3)nc(-c3ccccc3)n2)=CCC1. The molecule has 4 heteroatoms. The lowest BCUT2D eigenvalue weighted by Crippen LogP contribution is -1.99. The average Bonchev–Trinajstić information content (AvgIpc) is 3.43. The summed E-state index contributed by atoms with van der Waals surface area (Å²) in [7, 11) is 0. The van der Waals surface area contributed by atoms with Crippen molar-refractivity contribution in [2.75, 3.05) is 0 Å². The van der Waals surface area contributed by atoms with Crippen molar-refractivity contribution in [1.82, 2.24) is 14.5 Å². The normalized spacial score (nSPS) is 13.0. The number of para-hydroxylation sites is 2. The van der Waals surface area contributed by atoms with E-state index in [-0.39, 0.29) is 0 Å². The third kappa shape index (κ3) is 4.63. The van der Waals surface area contributed by atoms with Gasteiger partial charge in [-0.05, 0) is 54.3 Å². The van der Waals surface area contributed by atoms with Crippen molar-refractivity contribution >= 4 is 33.7 Å². The van der Waals surface area contributed by atoms with Gasteiger partial charge in [0.2, 0.25) is 0 Å². The quantitative estimate of drug-likeness (QED) is 0.213. The fourth-order valence-corrected chi connectivity index (χ4v) is 5.96. The van der Waals surface area contributed by atoms with Crippen molar-refractivity contribution in [3.05, 3.63) is 145 Å². The average molecular weight is 553 g/mol. The number of benzene rings is 5. The predicted molar refractivity (Wildman–Crippen MR) is 178 cm³/mol. The van der Waals surface area contributed by atoms with Crippen molar-refractivity contribution in [2.45, 2.75) is 12.8 Å². The Bertz CT molecular complexity index is 2100. The maximum atomic E-state index is 4.97. The van der Waals surface area contributed by atoms with E-state index in [9.17, 15) is 0 Å². The molecule has 0 fully saturated rings. The molecule has 0 spiro atoms. The minimum atomic E-state index is 0.708. The van der Waals surface area contributed by atoms with Gasteiger partial charge < -0.3 is 4.57 Å². The highest BCUT2D eigenvalue weighted by molar-refractivity contribution is 6.09. The Kier molecular flexibility index (Phi) is 6.23. The molecular formula is C39H28N4. The van der Waals surface area contributed by atoms with Crippen LogP contribution in [0.15, 0.2) is 145 Å². The molecule has 0 saturated heterocycles. The van der Waals surface area contributed by atoms with Crippen LogP contribution in [-0.4, -0.2) is 20.7 Å². The molecule has 1 aliphatic rings. The van der Waals surface area contributed by atoms with Crippen LogP contribution in [0.3, 0.4) is 0 Å². The summed E-state index contributed by atoms with van der Waals surface area (Å²) in [4.78, 5) is 14.5. The molecule has 0 amide bonds. The fourth-order valence-electron chi connectivity index (χ4n) is 5.96. The minimum Gasteiger partial charge on any atom is -0.309 e. The second-order valence-corrected chi connectivity index (χ2v) is 10.8. The maximum Gasteiger partial charge on any atom is 0.160 e. The molecule has 0 radical (unpaired) electrons. The van der Waals surface area contributed by atoms with Crippen LogP contribution in [0.25, 0.3) is 67.0 Å². The molecule has 0 unspecified atom stereocenters. The van der Waals surface area contributed by atoms with Crippen LogP contribution in [0.5, 0.6) is 0 Å². The lowest BCUT2D eigenvalue weighted by Gasteiger charge is -2.12. The van der Waals surface area contributed by atoms with E-state index in [4.69, 9.17) is 9.97 Å². The van der Waals surface area contributed by atoms with Gasteiger partial charge in [0.15, 0.2) is 5.82 Å². The van der Waals surface area contributed by atoms with Gasteiger partial charge in [-0.25, -0.2) is 9.97 Å². The van der Waals surface area contributed by atoms with Crippen LogP contribution < -0.4 is 0 Å². The van der Waals surface area contributed by atoms with Gasteiger partial charge in [0.25, 0.3) is 0 Å². The largest absolute Gasteiger partial charge is 0.309 e. The topological polar surface area (TPSA) is 43.1 Å². The smallest absolute Gasteiger partial charge is 0.160 e. The first-order valence-electron chi connectivity index (χ1n) is 14.7. The molecule has 0 aliphatic carbocycles. The van der Waals surface area contributed by atoms with Crippen molar-refractivity contribution in [3.8, 4) is 39.5 Å². The molecule has 204 valence electrons. The van der Waals surface area contributed by atoms with Crippen LogP contribution in [0.2, 0.25) is 0 Å². The van der Waals surface area contributed by atoms with Crippen LogP contribution in [0, 0.1) is 0 Å². The minimum absolute atomic E-state index is 0.708. The highest BCUT2D eigenvalue weighted by Gasteiger charge is 2.14. The second kappa shape index (κ2) is 10.7. The summed E-state index contributed by atoms with van der Waals surface area (Å²) in [6, 6.07) is 46.9. The van der Waals surface area contributed by atoms with Crippen molar-refractivity contribution in [1.29, 1.82) is 0 Å². The van der Waals surface area contributed by atoms with Gasteiger partial charge in [0.05, 0.1) is 28.1 Å². The summed E-state index contributed by atoms with van der Waals surface area (Å²) < 4.78 is 2.35. The van der Waals surface area contributed by atoms with Crippen LogP contribution in [0.1, 0.15) is 18.5 Å². The highest BCUT2D eigenvalue weighted by Crippen LogP contribution is 2.33. The first-order chi connectivity index (χ1) is 21.3. The summed E-state index contributed by atoms with van der Waals surface area (Å²) in [5, 5.41) is 2.54. The Morgan fingerprint density at radius 1 is 0.488 bits per heavy atom. The molecule has 0 saturated carbocycles. The molecule has 5 aromatic carbocycles. The number of nitrogens with zero attached hydrogens (tertiary/aromatic N) is 4. The Balaban J connectivity index is 1.14. The molecule has 1 aliphatic heterocycles. The van der Waals surface area contributed by atoms with Gasteiger partial charge in [-0.1, -0.05) is 109 Å². The van der Waals surface area contributed by atoms with E-state index in [0.717, 1.165) is 52.3 Å².